The van der Waals surface area contributed by atoms with Crippen LogP contribution >= 0.6 is 0 Å². The number of aliphatic carboxylic acids is 2. The Labute approximate surface area is 194 Å². The van der Waals surface area contributed by atoms with Crippen molar-refractivity contribution in [2.45, 2.75) is 64.0 Å². The maximum absolute atomic E-state index is 10.2. The van der Waals surface area contributed by atoms with Crippen molar-refractivity contribution in [3.8, 4) is 0 Å². The van der Waals surface area contributed by atoms with Gasteiger partial charge in [-0.3, -0.25) is 14.1 Å². The molecular formula is C14H28Na2O8S+2. The number of aliphatic hydroxyl groups is 1. The first-order chi connectivity index (χ1) is 10.5. The molecule has 0 aliphatic heterocycles. The van der Waals surface area contributed by atoms with Gasteiger partial charge in [-0.25, -0.2) is 0 Å². The summed E-state index contributed by atoms with van der Waals surface area (Å²) in [5, 5.41) is 22.4. The van der Waals surface area contributed by atoms with Crippen LogP contribution in [0.3, 0.4) is 0 Å². The van der Waals surface area contributed by atoms with E-state index in [1.165, 1.54) is 32.1 Å². The molecule has 0 rings (SSSR count). The fourth-order valence-electron chi connectivity index (χ4n) is 1.67. The average Bonchev–Trinajstić information content (AvgIpc) is 2.39. The molecule has 8 nitrogen and oxygen atoms in total. The summed E-state index contributed by atoms with van der Waals surface area (Å²) in [7, 11) is -4.84. The first kappa shape index (κ1) is 33.4. The van der Waals surface area contributed by atoms with Crippen LogP contribution < -0.4 is 59.1 Å². The van der Waals surface area contributed by atoms with E-state index in [0.717, 1.165) is 12.3 Å². The van der Waals surface area contributed by atoms with Crippen LogP contribution in [0.1, 0.15) is 58.8 Å². The van der Waals surface area contributed by atoms with E-state index in [9.17, 15) is 18.0 Å². The number of carbonyl (C=O) groups is 2. The molecule has 0 aromatic heterocycles. The molecule has 0 aliphatic rings. The molecule has 0 aromatic rings. The first-order valence-corrected chi connectivity index (χ1v) is 9.04. The molecule has 0 bridgehead atoms. The minimum absolute atomic E-state index is 0. The Hall–Kier alpha value is 0.810. The van der Waals surface area contributed by atoms with Gasteiger partial charge in [0.1, 0.15) is 0 Å². The number of hydrogen-bond donors (Lipinski definition) is 4. The van der Waals surface area contributed by atoms with Crippen molar-refractivity contribution >= 4 is 22.1 Å². The SMILES string of the molecule is CC(C)CCCCCCCO.O=C(O)CC(C(=O)O)S(=O)(=O)O.[Na+].[Na+]. The molecule has 1 unspecified atom stereocenters. The van der Waals surface area contributed by atoms with E-state index < -0.39 is 33.7 Å². The summed E-state index contributed by atoms with van der Waals surface area (Å²) in [6.45, 7) is 4.91. The quantitative estimate of drug-likeness (QED) is 0.154. The standard InChI is InChI=1S/C10H22O.C4H6O7S.2Na/c1-10(2)8-6-4-3-5-7-9-11;5-3(6)1-2(4(7)8)12(9,10)11;;/h10-11H,3-9H2,1-2H3;2H,1H2,(H,5,6)(H,7,8)(H,9,10,11);;/q;;2*+1. The van der Waals surface area contributed by atoms with Crippen molar-refractivity contribution < 1.29 is 97.0 Å². The molecule has 0 radical (unpaired) electrons. The predicted octanol–water partition coefficient (Wildman–Crippen LogP) is -4.21. The first-order valence-electron chi connectivity index (χ1n) is 7.54. The molecule has 0 saturated heterocycles. The average molecular weight is 402 g/mol. The Morgan fingerprint density at radius 2 is 1.36 bits per heavy atom. The third-order valence-corrected chi connectivity index (χ3v) is 4.02. The minimum Gasteiger partial charge on any atom is -0.481 e. The zero-order valence-electron chi connectivity index (χ0n) is 15.6. The van der Waals surface area contributed by atoms with Crippen LogP contribution in [0.25, 0.3) is 0 Å². The van der Waals surface area contributed by atoms with Crippen LogP contribution in [0.15, 0.2) is 0 Å². The Morgan fingerprint density at radius 3 is 1.64 bits per heavy atom. The Morgan fingerprint density at radius 1 is 0.920 bits per heavy atom. The van der Waals surface area contributed by atoms with E-state index >= 15 is 0 Å². The number of carboxylic acid groups (broad SMARTS) is 2. The third-order valence-electron chi connectivity index (χ3n) is 2.93. The molecule has 0 amide bonds. The number of hydrogen-bond acceptors (Lipinski definition) is 5. The molecule has 25 heavy (non-hydrogen) atoms. The fraction of sp³-hybridized carbons (Fsp3) is 0.857. The van der Waals surface area contributed by atoms with Crippen molar-refractivity contribution in [3.05, 3.63) is 0 Å². The zero-order chi connectivity index (χ0) is 18.5. The second-order valence-electron chi connectivity index (χ2n) is 5.61. The second-order valence-corrected chi connectivity index (χ2v) is 7.21. The molecule has 1 atom stereocenters. The van der Waals surface area contributed by atoms with Gasteiger partial charge in [0.05, 0.1) is 6.42 Å². The molecule has 0 saturated carbocycles. The Kier molecular flexibility index (Phi) is 26.1. The van der Waals surface area contributed by atoms with Gasteiger partial charge >= 0.3 is 71.1 Å². The van der Waals surface area contributed by atoms with Crippen molar-refractivity contribution in [2.75, 3.05) is 6.61 Å². The maximum Gasteiger partial charge on any atom is 1.00 e. The van der Waals surface area contributed by atoms with Gasteiger partial charge in [-0.15, -0.1) is 0 Å². The second kappa shape index (κ2) is 19.6. The molecule has 0 aromatic carbocycles. The predicted molar refractivity (Wildman–Crippen MR) is 84.9 cm³/mol. The minimum atomic E-state index is -4.84. The van der Waals surface area contributed by atoms with Crippen molar-refractivity contribution in [1.82, 2.24) is 0 Å². The maximum atomic E-state index is 10.2. The molecule has 0 aliphatic carbocycles. The van der Waals surface area contributed by atoms with Crippen LogP contribution in [0, 0.1) is 5.92 Å². The van der Waals surface area contributed by atoms with E-state index in [-0.39, 0.29) is 59.1 Å². The van der Waals surface area contributed by atoms with Gasteiger partial charge in [-0.05, 0) is 12.3 Å². The Balaban J connectivity index is -0.000000164. The van der Waals surface area contributed by atoms with E-state index in [2.05, 4.69) is 13.8 Å². The fourth-order valence-corrected chi connectivity index (χ4v) is 2.28. The molecule has 0 spiro atoms. The molecule has 4 N–H and O–H groups in total. The van der Waals surface area contributed by atoms with Gasteiger partial charge in [0.2, 0.25) is 0 Å². The van der Waals surface area contributed by atoms with Gasteiger partial charge < -0.3 is 15.3 Å². The summed E-state index contributed by atoms with van der Waals surface area (Å²) in [6, 6.07) is 0. The third kappa shape index (κ3) is 24.8. The normalized spacial score (nSPS) is 11.4. The van der Waals surface area contributed by atoms with E-state index in [0.29, 0.717) is 6.61 Å². The number of aliphatic hydroxyl groups excluding tert-OH is 1. The summed E-state index contributed by atoms with van der Waals surface area (Å²) in [6.07, 6.45) is 6.40. The van der Waals surface area contributed by atoms with E-state index in [1.54, 1.807) is 0 Å². The van der Waals surface area contributed by atoms with E-state index in [1.807, 2.05) is 0 Å². The van der Waals surface area contributed by atoms with Crippen LogP contribution in [-0.2, 0) is 19.7 Å². The van der Waals surface area contributed by atoms with Gasteiger partial charge in [0.25, 0.3) is 10.1 Å². The molecular weight excluding hydrogens is 374 g/mol. The summed E-state index contributed by atoms with van der Waals surface area (Å²) < 4.78 is 28.7. The summed E-state index contributed by atoms with van der Waals surface area (Å²) in [5.41, 5.74) is 0. The number of carboxylic acids is 2. The molecule has 11 heteroatoms. The molecule has 0 heterocycles. The summed E-state index contributed by atoms with van der Waals surface area (Å²) in [5.74, 6) is -2.65. The zero-order valence-corrected chi connectivity index (χ0v) is 20.5. The van der Waals surface area contributed by atoms with Crippen LogP contribution in [0.4, 0.5) is 0 Å². The molecule has 0 fully saturated rings. The van der Waals surface area contributed by atoms with Crippen LogP contribution in [0.2, 0.25) is 0 Å². The monoisotopic (exact) mass is 402 g/mol. The van der Waals surface area contributed by atoms with E-state index in [4.69, 9.17) is 19.9 Å². The van der Waals surface area contributed by atoms with Gasteiger partial charge in [-0.1, -0.05) is 46.0 Å². The molecule has 138 valence electrons. The van der Waals surface area contributed by atoms with Crippen molar-refractivity contribution in [2.24, 2.45) is 5.92 Å². The number of unbranched alkanes of at least 4 members (excludes halogenated alkanes) is 4. The van der Waals surface area contributed by atoms with Gasteiger partial charge in [-0.2, -0.15) is 8.42 Å². The van der Waals surface area contributed by atoms with Crippen LogP contribution in [0.5, 0.6) is 0 Å². The van der Waals surface area contributed by atoms with Gasteiger partial charge in [0, 0.05) is 6.61 Å². The Bertz CT molecular complexity index is 440. The largest absolute Gasteiger partial charge is 1.00 e. The number of rotatable bonds is 11. The topological polar surface area (TPSA) is 149 Å². The van der Waals surface area contributed by atoms with Crippen molar-refractivity contribution in [1.29, 1.82) is 0 Å². The van der Waals surface area contributed by atoms with Crippen LogP contribution in [-0.4, -0.2) is 52.1 Å². The van der Waals surface area contributed by atoms with Gasteiger partial charge in [0.15, 0.2) is 5.25 Å². The summed E-state index contributed by atoms with van der Waals surface area (Å²) >= 11 is 0. The smallest absolute Gasteiger partial charge is 0.481 e. The van der Waals surface area contributed by atoms with Crippen molar-refractivity contribution in [3.63, 3.8) is 0 Å². The summed E-state index contributed by atoms with van der Waals surface area (Å²) in [4.78, 5) is 20.0.